The molecule has 0 fully saturated rings. The van der Waals surface area contributed by atoms with Crippen LogP contribution in [0, 0.1) is 5.92 Å². The average Bonchev–Trinajstić information content (AvgIpc) is 1.94. The predicted octanol–water partition coefficient (Wildman–Crippen LogP) is 3.39. The van der Waals surface area contributed by atoms with Crippen molar-refractivity contribution in [3.8, 4) is 0 Å². The normalized spacial score (nSPS) is 23.6. The summed E-state index contributed by atoms with van der Waals surface area (Å²) in [6, 6.07) is 0. The molecule has 1 aliphatic carbocycles. The van der Waals surface area contributed by atoms with Gasteiger partial charge in [-0.15, -0.1) is 13.2 Å². The molecule has 0 N–H and O–H groups in total. The number of hydrogen-bond donors (Lipinski definition) is 0. The van der Waals surface area contributed by atoms with E-state index in [1.165, 1.54) is 6.08 Å². The van der Waals surface area contributed by atoms with Crippen molar-refractivity contribution in [1.29, 1.82) is 0 Å². The van der Waals surface area contributed by atoms with Gasteiger partial charge in [-0.3, -0.25) is 0 Å². The van der Waals surface area contributed by atoms with Gasteiger partial charge in [0.1, 0.15) is 5.76 Å². The highest BCUT2D eigenvalue weighted by Crippen LogP contribution is 2.29. The SMILES string of the molecule is CC1=CC=C(OC(F)(F)F)CC1C. The highest BCUT2D eigenvalue weighted by molar-refractivity contribution is 5.21. The van der Waals surface area contributed by atoms with E-state index in [1.54, 1.807) is 6.08 Å². The second-order valence-electron chi connectivity index (χ2n) is 3.20. The molecule has 0 bridgehead atoms. The van der Waals surface area contributed by atoms with Crippen molar-refractivity contribution < 1.29 is 17.9 Å². The third-order valence-electron chi connectivity index (χ3n) is 2.06. The number of halogens is 3. The van der Waals surface area contributed by atoms with E-state index in [0.717, 1.165) is 5.57 Å². The Morgan fingerprint density at radius 3 is 2.46 bits per heavy atom. The van der Waals surface area contributed by atoms with Crippen molar-refractivity contribution in [1.82, 2.24) is 0 Å². The first-order valence-corrected chi connectivity index (χ1v) is 4.01. The van der Waals surface area contributed by atoms with Gasteiger partial charge in [0.05, 0.1) is 0 Å². The van der Waals surface area contributed by atoms with Gasteiger partial charge in [0.25, 0.3) is 0 Å². The summed E-state index contributed by atoms with van der Waals surface area (Å²) in [5.74, 6) is 0.118. The van der Waals surface area contributed by atoms with Crippen LogP contribution in [0.25, 0.3) is 0 Å². The van der Waals surface area contributed by atoms with Crippen LogP contribution in [0.5, 0.6) is 0 Å². The second-order valence-corrected chi connectivity index (χ2v) is 3.20. The summed E-state index contributed by atoms with van der Waals surface area (Å²) in [6.07, 6.45) is -1.20. The van der Waals surface area contributed by atoms with E-state index < -0.39 is 6.36 Å². The van der Waals surface area contributed by atoms with Gasteiger partial charge in [0.15, 0.2) is 0 Å². The molecule has 1 aliphatic rings. The van der Waals surface area contributed by atoms with Crippen molar-refractivity contribution in [2.45, 2.75) is 26.6 Å². The molecule has 1 atom stereocenters. The van der Waals surface area contributed by atoms with Crippen molar-refractivity contribution in [3.63, 3.8) is 0 Å². The van der Waals surface area contributed by atoms with Gasteiger partial charge < -0.3 is 4.74 Å². The molecule has 0 aromatic heterocycles. The average molecular weight is 192 g/mol. The van der Waals surface area contributed by atoms with Gasteiger partial charge in [-0.2, -0.15) is 0 Å². The maximum Gasteiger partial charge on any atom is 0.572 e. The molecular formula is C9H11F3O. The number of rotatable bonds is 1. The van der Waals surface area contributed by atoms with Crippen LogP contribution in [-0.2, 0) is 4.74 Å². The van der Waals surface area contributed by atoms with Crippen LogP contribution in [0.2, 0.25) is 0 Å². The molecule has 0 radical (unpaired) electrons. The molecule has 0 aromatic rings. The maximum atomic E-state index is 11.8. The summed E-state index contributed by atoms with van der Waals surface area (Å²) in [6.45, 7) is 3.77. The van der Waals surface area contributed by atoms with Crippen LogP contribution in [-0.4, -0.2) is 6.36 Å². The zero-order chi connectivity index (χ0) is 10.1. The van der Waals surface area contributed by atoms with E-state index in [1.807, 2.05) is 13.8 Å². The van der Waals surface area contributed by atoms with Gasteiger partial charge in [-0.05, 0) is 18.9 Å². The Morgan fingerprint density at radius 1 is 1.38 bits per heavy atom. The monoisotopic (exact) mass is 192 g/mol. The van der Waals surface area contributed by atoms with Crippen LogP contribution in [0.3, 0.4) is 0 Å². The van der Waals surface area contributed by atoms with Crippen LogP contribution in [0.1, 0.15) is 20.3 Å². The minimum Gasteiger partial charge on any atom is -0.410 e. The fourth-order valence-corrected chi connectivity index (χ4v) is 1.14. The molecule has 0 heterocycles. The van der Waals surface area contributed by atoms with Crippen LogP contribution < -0.4 is 0 Å². The summed E-state index contributed by atoms with van der Waals surface area (Å²) in [5.41, 5.74) is 1.08. The largest absolute Gasteiger partial charge is 0.572 e. The number of hydrogen-bond acceptors (Lipinski definition) is 1. The van der Waals surface area contributed by atoms with E-state index in [9.17, 15) is 13.2 Å². The van der Waals surface area contributed by atoms with Crippen LogP contribution in [0.15, 0.2) is 23.5 Å². The molecule has 0 saturated carbocycles. The van der Waals surface area contributed by atoms with Gasteiger partial charge in [0, 0.05) is 6.42 Å². The standard InChI is InChI=1S/C9H11F3O/c1-6-3-4-8(5-7(6)2)13-9(10,11)12/h3-4,7H,5H2,1-2H3. The second kappa shape index (κ2) is 3.44. The molecule has 0 aliphatic heterocycles. The van der Waals surface area contributed by atoms with E-state index >= 15 is 0 Å². The third-order valence-corrected chi connectivity index (χ3v) is 2.06. The lowest BCUT2D eigenvalue weighted by Gasteiger charge is -2.20. The maximum absolute atomic E-state index is 11.8. The van der Waals surface area contributed by atoms with Crippen molar-refractivity contribution in [2.75, 3.05) is 0 Å². The zero-order valence-electron chi connectivity index (χ0n) is 7.48. The topological polar surface area (TPSA) is 9.23 Å². The summed E-state index contributed by atoms with van der Waals surface area (Å²) in [4.78, 5) is 0. The Hall–Kier alpha value is -0.930. The van der Waals surface area contributed by atoms with Gasteiger partial charge >= 0.3 is 6.36 Å². The first-order chi connectivity index (χ1) is 5.88. The first kappa shape index (κ1) is 10.2. The van der Waals surface area contributed by atoms with Crippen LogP contribution in [0.4, 0.5) is 13.2 Å². The first-order valence-electron chi connectivity index (χ1n) is 4.01. The molecule has 1 unspecified atom stereocenters. The molecule has 1 nitrogen and oxygen atoms in total. The molecule has 74 valence electrons. The van der Waals surface area contributed by atoms with Gasteiger partial charge in [-0.25, -0.2) is 0 Å². The molecule has 0 amide bonds. The van der Waals surface area contributed by atoms with Gasteiger partial charge in [-0.1, -0.05) is 18.6 Å². The number of allylic oxidation sites excluding steroid dienone is 4. The molecule has 0 aromatic carbocycles. The highest BCUT2D eigenvalue weighted by Gasteiger charge is 2.32. The Balaban J connectivity index is 2.64. The molecule has 13 heavy (non-hydrogen) atoms. The highest BCUT2D eigenvalue weighted by atomic mass is 19.4. The Kier molecular flexibility index (Phi) is 2.68. The molecule has 0 saturated heterocycles. The fourth-order valence-electron chi connectivity index (χ4n) is 1.14. The lowest BCUT2D eigenvalue weighted by molar-refractivity contribution is -0.306. The van der Waals surface area contributed by atoms with E-state index in [0.29, 0.717) is 6.42 Å². The quantitative estimate of drug-likeness (QED) is 0.618. The van der Waals surface area contributed by atoms with Crippen molar-refractivity contribution in [3.05, 3.63) is 23.5 Å². The minimum atomic E-state index is -4.56. The van der Waals surface area contributed by atoms with Gasteiger partial charge in [0.2, 0.25) is 0 Å². The lowest BCUT2D eigenvalue weighted by atomic mass is 9.94. The molecule has 4 heteroatoms. The molecule has 1 rings (SSSR count). The summed E-state index contributed by atoms with van der Waals surface area (Å²) in [7, 11) is 0. The summed E-state index contributed by atoms with van der Waals surface area (Å²) >= 11 is 0. The summed E-state index contributed by atoms with van der Waals surface area (Å²) < 4.78 is 39.2. The minimum absolute atomic E-state index is 0.00870. The number of ether oxygens (including phenoxy) is 1. The zero-order valence-corrected chi connectivity index (χ0v) is 7.48. The van der Waals surface area contributed by atoms with E-state index in [-0.39, 0.29) is 11.7 Å². The predicted molar refractivity (Wildman–Crippen MR) is 42.8 cm³/mol. The third kappa shape index (κ3) is 3.13. The Morgan fingerprint density at radius 2 is 2.00 bits per heavy atom. The molecule has 0 spiro atoms. The molecular weight excluding hydrogens is 181 g/mol. The van der Waals surface area contributed by atoms with Crippen molar-refractivity contribution in [2.24, 2.45) is 5.92 Å². The summed E-state index contributed by atoms with van der Waals surface area (Å²) in [5, 5.41) is 0. The number of alkyl halides is 3. The van der Waals surface area contributed by atoms with E-state index in [2.05, 4.69) is 4.74 Å². The fraction of sp³-hybridized carbons (Fsp3) is 0.556. The van der Waals surface area contributed by atoms with Crippen LogP contribution >= 0.6 is 0 Å². The lowest BCUT2D eigenvalue weighted by Crippen LogP contribution is -2.16. The Bertz CT molecular complexity index is 250. The van der Waals surface area contributed by atoms with E-state index in [4.69, 9.17) is 0 Å². The van der Waals surface area contributed by atoms with Crippen molar-refractivity contribution >= 4 is 0 Å². The Labute approximate surface area is 74.9 Å². The smallest absolute Gasteiger partial charge is 0.410 e.